The first-order valence-electron chi connectivity index (χ1n) is 5.55. The molecule has 1 atom stereocenters. The van der Waals surface area contributed by atoms with Crippen molar-refractivity contribution in [2.75, 3.05) is 13.1 Å². The third-order valence-corrected chi connectivity index (χ3v) is 3.09. The molecule has 1 fully saturated rings. The van der Waals surface area contributed by atoms with E-state index in [2.05, 4.69) is 35.2 Å². The van der Waals surface area contributed by atoms with Crippen molar-refractivity contribution < 1.29 is 0 Å². The molecular weight excluding hydrogens is 184 g/mol. The molecule has 0 saturated carbocycles. The normalized spacial score (nSPS) is 21.4. The third-order valence-electron chi connectivity index (χ3n) is 3.09. The maximum absolute atomic E-state index is 8.72. The van der Waals surface area contributed by atoms with Crippen LogP contribution in [0.5, 0.6) is 0 Å². The monoisotopic (exact) mass is 200 g/mol. The number of nitrogens with zero attached hydrogens (tertiary/aromatic N) is 2. The molecule has 0 spiro atoms. The summed E-state index contributed by atoms with van der Waals surface area (Å²) in [5.41, 5.74) is 1.38. The Labute approximate surface area is 91.1 Å². The Bertz CT molecular complexity index is 339. The summed E-state index contributed by atoms with van der Waals surface area (Å²) in [6, 6.07) is 13.4. The molecule has 0 unspecified atom stereocenters. The first-order valence-corrected chi connectivity index (χ1v) is 5.55. The molecule has 1 saturated heterocycles. The van der Waals surface area contributed by atoms with Gasteiger partial charge in [-0.2, -0.15) is 5.26 Å². The van der Waals surface area contributed by atoms with Gasteiger partial charge in [0.15, 0.2) is 0 Å². The Morgan fingerprint density at radius 1 is 1.33 bits per heavy atom. The molecule has 1 aromatic carbocycles. The van der Waals surface area contributed by atoms with E-state index in [1.165, 1.54) is 18.4 Å². The Morgan fingerprint density at radius 3 is 2.87 bits per heavy atom. The van der Waals surface area contributed by atoms with Gasteiger partial charge >= 0.3 is 0 Å². The van der Waals surface area contributed by atoms with E-state index in [1.54, 1.807) is 0 Å². The van der Waals surface area contributed by atoms with Crippen molar-refractivity contribution >= 4 is 0 Å². The van der Waals surface area contributed by atoms with Crippen LogP contribution in [0, 0.1) is 11.3 Å². The van der Waals surface area contributed by atoms with E-state index in [-0.39, 0.29) is 0 Å². The van der Waals surface area contributed by atoms with Crippen molar-refractivity contribution in [3.05, 3.63) is 35.9 Å². The maximum atomic E-state index is 8.72. The molecule has 0 aromatic heterocycles. The molecule has 78 valence electrons. The summed E-state index contributed by atoms with van der Waals surface area (Å²) in [6.45, 7) is 1.67. The fraction of sp³-hybridized carbons (Fsp3) is 0.462. The Kier molecular flexibility index (Phi) is 3.37. The molecule has 15 heavy (non-hydrogen) atoms. The highest BCUT2D eigenvalue weighted by molar-refractivity contribution is 5.16. The lowest BCUT2D eigenvalue weighted by atomic mass is 10.0. The molecule has 1 heterocycles. The van der Waals surface area contributed by atoms with Crippen LogP contribution < -0.4 is 0 Å². The first-order chi connectivity index (χ1) is 7.40. The second-order valence-corrected chi connectivity index (χ2v) is 4.11. The summed E-state index contributed by atoms with van der Waals surface area (Å²) in [5, 5.41) is 8.72. The van der Waals surface area contributed by atoms with E-state index in [0.717, 1.165) is 13.0 Å². The van der Waals surface area contributed by atoms with Crippen LogP contribution in [-0.4, -0.2) is 24.0 Å². The zero-order valence-corrected chi connectivity index (χ0v) is 8.89. The van der Waals surface area contributed by atoms with E-state index in [0.29, 0.717) is 12.6 Å². The zero-order valence-electron chi connectivity index (χ0n) is 8.89. The van der Waals surface area contributed by atoms with Gasteiger partial charge in [0, 0.05) is 6.04 Å². The fourth-order valence-electron chi connectivity index (χ4n) is 2.31. The molecular formula is C13H16N2. The molecule has 0 aliphatic carbocycles. The topological polar surface area (TPSA) is 27.0 Å². The van der Waals surface area contributed by atoms with Gasteiger partial charge in [-0.15, -0.1) is 0 Å². The van der Waals surface area contributed by atoms with Crippen molar-refractivity contribution in [1.29, 1.82) is 5.26 Å². The lowest BCUT2D eigenvalue weighted by Gasteiger charge is -2.21. The van der Waals surface area contributed by atoms with Gasteiger partial charge in [0.2, 0.25) is 0 Å². The van der Waals surface area contributed by atoms with Crippen molar-refractivity contribution in [2.24, 2.45) is 0 Å². The molecule has 0 N–H and O–H groups in total. The molecule has 2 heteroatoms. The smallest absolute Gasteiger partial charge is 0.0868 e. The van der Waals surface area contributed by atoms with E-state index < -0.39 is 0 Å². The first kappa shape index (κ1) is 10.2. The second-order valence-electron chi connectivity index (χ2n) is 4.11. The quantitative estimate of drug-likeness (QED) is 0.699. The number of hydrogen-bond donors (Lipinski definition) is 0. The maximum Gasteiger partial charge on any atom is 0.0868 e. The minimum atomic E-state index is 0.576. The number of likely N-dealkylation sites (tertiary alicyclic amines) is 1. The number of nitriles is 1. The van der Waals surface area contributed by atoms with Crippen LogP contribution in [0.1, 0.15) is 18.4 Å². The number of benzene rings is 1. The summed E-state index contributed by atoms with van der Waals surface area (Å²) in [7, 11) is 0. The highest BCUT2D eigenvalue weighted by Crippen LogP contribution is 2.20. The van der Waals surface area contributed by atoms with Crippen LogP contribution in [0.2, 0.25) is 0 Å². The molecule has 1 aromatic rings. The minimum absolute atomic E-state index is 0.576. The van der Waals surface area contributed by atoms with E-state index in [4.69, 9.17) is 5.26 Å². The van der Waals surface area contributed by atoms with Crippen LogP contribution in [-0.2, 0) is 6.42 Å². The highest BCUT2D eigenvalue weighted by Gasteiger charge is 2.23. The van der Waals surface area contributed by atoms with Crippen molar-refractivity contribution in [2.45, 2.75) is 25.3 Å². The standard InChI is InChI=1S/C13H16N2/c14-8-10-15-9-4-7-13(15)11-12-5-2-1-3-6-12/h1-3,5-6,13H,4,7,9-11H2/t13-/m1/s1. The number of hydrogen-bond acceptors (Lipinski definition) is 2. The Balaban J connectivity index is 1.97. The van der Waals surface area contributed by atoms with E-state index >= 15 is 0 Å². The van der Waals surface area contributed by atoms with Gasteiger partial charge in [0.05, 0.1) is 12.6 Å². The average Bonchev–Trinajstić information content (AvgIpc) is 2.68. The van der Waals surface area contributed by atoms with Gasteiger partial charge in [0.25, 0.3) is 0 Å². The van der Waals surface area contributed by atoms with Crippen LogP contribution in [0.4, 0.5) is 0 Å². The predicted molar refractivity (Wildman–Crippen MR) is 60.4 cm³/mol. The van der Waals surface area contributed by atoms with Gasteiger partial charge in [-0.1, -0.05) is 30.3 Å². The third kappa shape index (κ3) is 2.57. The molecule has 0 bridgehead atoms. The van der Waals surface area contributed by atoms with E-state index in [1.807, 2.05) is 6.07 Å². The fourth-order valence-corrected chi connectivity index (χ4v) is 2.31. The molecule has 2 nitrogen and oxygen atoms in total. The zero-order chi connectivity index (χ0) is 10.5. The summed E-state index contributed by atoms with van der Waals surface area (Å²) in [6.07, 6.45) is 3.55. The summed E-state index contributed by atoms with van der Waals surface area (Å²) < 4.78 is 0. The van der Waals surface area contributed by atoms with Crippen LogP contribution >= 0.6 is 0 Å². The van der Waals surface area contributed by atoms with Gasteiger partial charge in [0.1, 0.15) is 0 Å². The van der Waals surface area contributed by atoms with Crippen molar-refractivity contribution in [3.63, 3.8) is 0 Å². The van der Waals surface area contributed by atoms with Crippen LogP contribution in [0.25, 0.3) is 0 Å². The molecule has 2 rings (SSSR count). The lowest BCUT2D eigenvalue weighted by molar-refractivity contribution is 0.282. The summed E-state index contributed by atoms with van der Waals surface area (Å²) in [4.78, 5) is 2.30. The van der Waals surface area contributed by atoms with Gasteiger partial charge in [-0.3, -0.25) is 4.90 Å². The molecule has 1 aliphatic heterocycles. The summed E-state index contributed by atoms with van der Waals surface area (Å²) >= 11 is 0. The van der Waals surface area contributed by atoms with Crippen LogP contribution in [0.15, 0.2) is 30.3 Å². The predicted octanol–water partition coefficient (Wildman–Crippen LogP) is 2.22. The van der Waals surface area contributed by atoms with Gasteiger partial charge < -0.3 is 0 Å². The van der Waals surface area contributed by atoms with Crippen molar-refractivity contribution in [3.8, 4) is 6.07 Å². The minimum Gasteiger partial charge on any atom is -0.287 e. The van der Waals surface area contributed by atoms with E-state index in [9.17, 15) is 0 Å². The molecule has 0 amide bonds. The second kappa shape index (κ2) is 4.95. The van der Waals surface area contributed by atoms with Crippen LogP contribution in [0.3, 0.4) is 0 Å². The lowest BCUT2D eigenvalue weighted by Crippen LogP contribution is -2.31. The average molecular weight is 200 g/mol. The Hall–Kier alpha value is -1.33. The molecule has 1 aliphatic rings. The van der Waals surface area contributed by atoms with Crippen molar-refractivity contribution in [1.82, 2.24) is 4.90 Å². The number of rotatable bonds is 3. The van der Waals surface area contributed by atoms with Gasteiger partial charge in [-0.05, 0) is 31.4 Å². The SMILES string of the molecule is N#CCN1CCC[C@@H]1Cc1ccccc1. The summed E-state index contributed by atoms with van der Waals surface area (Å²) in [5.74, 6) is 0. The largest absolute Gasteiger partial charge is 0.287 e. The molecule has 0 radical (unpaired) electrons. The van der Waals surface area contributed by atoms with Gasteiger partial charge in [-0.25, -0.2) is 0 Å². The Morgan fingerprint density at radius 2 is 2.13 bits per heavy atom. The highest BCUT2D eigenvalue weighted by atomic mass is 15.2.